The highest BCUT2D eigenvalue weighted by Gasteiger charge is 2.57. The molecule has 1 atom stereocenters. The van der Waals surface area contributed by atoms with Gasteiger partial charge in [0.25, 0.3) is 0 Å². The summed E-state index contributed by atoms with van der Waals surface area (Å²) < 4.78 is 102. The van der Waals surface area contributed by atoms with Gasteiger partial charge in [0, 0.05) is 6.54 Å². The Morgan fingerprint density at radius 3 is 2.18 bits per heavy atom. The molecule has 0 saturated heterocycles. The fourth-order valence-electron chi connectivity index (χ4n) is 2.91. The molecule has 7 nitrogen and oxygen atoms in total. The van der Waals surface area contributed by atoms with Gasteiger partial charge in [-0.3, -0.25) is 14.4 Å². The van der Waals surface area contributed by atoms with Crippen LogP contribution in [0.1, 0.15) is 13.8 Å². The molecule has 0 aliphatic carbocycles. The van der Waals surface area contributed by atoms with Gasteiger partial charge in [-0.05, 0) is 26.0 Å². The van der Waals surface area contributed by atoms with Crippen LogP contribution < -0.4 is 20.9 Å². The molecule has 15 heteroatoms. The topological polar surface area (TPSA) is 90.5 Å². The number of benzene rings is 1. The normalized spacial score (nSPS) is 17.4. The number of fused-ring (bicyclic) bond motifs is 1. The van der Waals surface area contributed by atoms with Crippen LogP contribution in [0, 0.1) is 5.41 Å². The maximum atomic E-state index is 13.1. The monoisotopic (exact) mass is 504 g/mol. The van der Waals surface area contributed by atoms with E-state index < -0.39 is 67.1 Å². The van der Waals surface area contributed by atoms with E-state index in [1.54, 1.807) is 0 Å². The third-order valence-electron chi connectivity index (χ3n) is 4.92. The van der Waals surface area contributed by atoms with Crippen LogP contribution in [0.4, 0.5) is 46.5 Å². The standard InChI is InChI=1S/C19H20F8N4O3/c1-16(2,14(33)28-8-17(20,21)19(25,26)27)15(34)30-11-7-31(9-18(22,23)24)12-6-4-3-5-10(12)29-13(11)32/h3-6,11H,7-9H2,1-2H3,(H,28,33)(H,29,32)(H,30,34). The quantitative estimate of drug-likeness (QED) is 0.411. The van der Waals surface area contributed by atoms with Crippen LogP contribution in [0.2, 0.25) is 0 Å². The number of nitrogens with one attached hydrogen (secondary N) is 3. The van der Waals surface area contributed by atoms with Crippen LogP contribution >= 0.6 is 0 Å². The summed E-state index contributed by atoms with van der Waals surface area (Å²) in [6.07, 6.45) is -10.6. The molecular formula is C19H20F8N4O3. The van der Waals surface area contributed by atoms with Crippen molar-refractivity contribution in [1.29, 1.82) is 0 Å². The fourth-order valence-corrected chi connectivity index (χ4v) is 2.91. The second kappa shape index (κ2) is 9.25. The first-order valence-electron chi connectivity index (χ1n) is 9.60. The molecule has 34 heavy (non-hydrogen) atoms. The molecule has 190 valence electrons. The predicted molar refractivity (Wildman–Crippen MR) is 103 cm³/mol. The highest BCUT2D eigenvalue weighted by molar-refractivity contribution is 6.07. The van der Waals surface area contributed by atoms with Gasteiger partial charge in [-0.15, -0.1) is 0 Å². The number of alkyl halides is 8. The molecule has 0 saturated carbocycles. The van der Waals surface area contributed by atoms with Crippen molar-refractivity contribution in [2.24, 2.45) is 5.41 Å². The van der Waals surface area contributed by atoms with Gasteiger partial charge in [0.05, 0.1) is 17.9 Å². The van der Waals surface area contributed by atoms with Crippen LogP contribution in [-0.4, -0.2) is 61.7 Å². The summed E-state index contributed by atoms with van der Waals surface area (Å²) in [6, 6.07) is 3.90. The first-order chi connectivity index (χ1) is 15.3. The number of amides is 3. The summed E-state index contributed by atoms with van der Waals surface area (Å²) >= 11 is 0. The van der Waals surface area contributed by atoms with Gasteiger partial charge in [-0.2, -0.15) is 35.1 Å². The van der Waals surface area contributed by atoms with Crippen molar-refractivity contribution >= 4 is 29.1 Å². The molecule has 1 unspecified atom stereocenters. The summed E-state index contributed by atoms with van der Waals surface area (Å²) in [4.78, 5) is 38.1. The molecule has 3 N–H and O–H groups in total. The average molecular weight is 504 g/mol. The lowest BCUT2D eigenvalue weighted by molar-refractivity contribution is -0.278. The molecule has 1 aromatic carbocycles. The van der Waals surface area contributed by atoms with Crippen LogP contribution in [0.15, 0.2) is 24.3 Å². The number of hydrogen-bond donors (Lipinski definition) is 3. The summed E-state index contributed by atoms with van der Waals surface area (Å²) in [5.41, 5.74) is -2.22. The number of carbonyl (C=O) groups is 3. The Kier molecular flexibility index (Phi) is 7.38. The van der Waals surface area contributed by atoms with E-state index in [9.17, 15) is 49.5 Å². The second-order valence-corrected chi connectivity index (χ2v) is 8.04. The minimum Gasteiger partial charge on any atom is -0.358 e. The lowest BCUT2D eigenvalue weighted by Gasteiger charge is -2.30. The van der Waals surface area contributed by atoms with Gasteiger partial charge >= 0.3 is 18.3 Å². The van der Waals surface area contributed by atoms with Crippen molar-refractivity contribution in [3.63, 3.8) is 0 Å². The molecule has 2 rings (SSSR count). The molecule has 3 amide bonds. The lowest BCUT2D eigenvalue weighted by Crippen LogP contribution is -2.57. The molecule has 1 aliphatic rings. The summed E-state index contributed by atoms with van der Waals surface area (Å²) in [6.45, 7) is -2.51. The van der Waals surface area contributed by atoms with E-state index in [1.807, 2.05) is 0 Å². The van der Waals surface area contributed by atoms with E-state index >= 15 is 0 Å². The Balaban J connectivity index is 2.18. The largest absolute Gasteiger partial charge is 0.455 e. The number of anilines is 2. The third kappa shape index (κ3) is 6.26. The third-order valence-corrected chi connectivity index (χ3v) is 4.92. The molecule has 1 aliphatic heterocycles. The zero-order chi connectivity index (χ0) is 26.1. The first kappa shape index (κ1) is 27.1. The number of nitrogens with zero attached hydrogens (tertiary/aromatic N) is 1. The van der Waals surface area contributed by atoms with Gasteiger partial charge in [-0.1, -0.05) is 12.1 Å². The van der Waals surface area contributed by atoms with Gasteiger partial charge < -0.3 is 20.9 Å². The maximum Gasteiger partial charge on any atom is 0.455 e. The van der Waals surface area contributed by atoms with Gasteiger partial charge in [0.2, 0.25) is 17.7 Å². The fraction of sp³-hybridized carbons (Fsp3) is 0.526. The van der Waals surface area contributed by atoms with Gasteiger partial charge in [0.15, 0.2) is 0 Å². The van der Waals surface area contributed by atoms with Crippen molar-refractivity contribution in [1.82, 2.24) is 10.6 Å². The van der Waals surface area contributed by atoms with Crippen LogP contribution in [0.25, 0.3) is 0 Å². The molecule has 1 heterocycles. The molecule has 1 aromatic rings. The number of para-hydroxylation sites is 2. The van der Waals surface area contributed by atoms with Crippen LogP contribution in [0.3, 0.4) is 0 Å². The van der Waals surface area contributed by atoms with Gasteiger partial charge in [-0.25, -0.2) is 0 Å². The number of carbonyl (C=O) groups excluding carboxylic acids is 3. The number of rotatable bonds is 6. The molecule has 0 aromatic heterocycles. The zero-order valence-electron chi connectivity index (χ0n) is 17.7. The highest BCUT2D eigenvalue weighted by atomic mass is 19.4. The molecule has 0 radical (unpaired) electrons. The van der Waals surface area contributed by atoms with E-state index in [4.69, 9.17) is 0 Å². The summed E-state index contributed by atoms with van der Waals surface area (Å²) in [7, 11) is 0. The van der Waals surface area contributed by atoms with E-state index in [0.29, 0.717) is 0 Å². The Labute approximate surface area is 187 Å². The van der Waals surface area contributed by atoms with Crippen molar-refractivity contribution < 1.29 is 49.5 Å². The molecule has 0 fully saturated rings. The van der Waals surface area contributed by atoms with Crippen molar-refractivity contribution in [2.45, 2.75) is 38.2 Å². The Morgan fingerprint density at radius 1 is 1.03 bits per heavy atom. The smallest absolute Gasteiger partial charge is 0.358 e. The average Bonchev–Trinajstić information content (AvgIpc) is 2.80. The Morgan fingerprint density at radius 2 is 1.62 bits per heavy atom. The highest BCUT2D eigenvalue weighted by Crippen LogP contribution is 2.35. The van der Waals surface area contributed by atoms with Crippen LogP contribution in [0.5, 0.6) is 0 Å². The maximum absolute atomic E-state index is 13.1. The zero-order valence-corrected chi connectivity index (χ0v) is 17.7. The molecule has 0 spiro atoms. The summed E-state index contributed by atoms with van der Waals surface area (Å²) in [5, 5.41) is 5.76. The SMILES string of the molecule is CC(C)(C(=O)NCC(F)(F)C(F)(F)F)C(=O)NC1CN(CC(F)(F)F)c2ccccc2NC1=O. The van der Waals surface area contributed by atoms with Crippen molar-refractivity contribution in [3.8, 4) is 0 Å². The van der Waals surface area contributed by atoms with E-state index in [-0.39, 0.29) is 11.4 Å². The molecular weight excluding hydrogens is 484 g/mol. The minimum atomic E-state index is -5.94. The number of hydrogen-bond acceptors (Lipinski definition) is 4. The first-order valence-corrected chi connectivity index (χ1v) is 9.60. The Bertz CT molecular complexity index is 946. The minimum absolute atomic E-state index is 0.0105. The van der Waals surface area contributed by atoms with E-state index in [1.165, 1.54) is 29.6 Å². The van der Waals surface area contributed by atoms with E-state index in [0.717, 1.165) is 18.7 Å². The van der Waals surface area contributed by atoms with Crippen molar-refractivity contribution in [3.05, 3.63) is 24.3 Å². The van der Waals surface area contributed by atoms with Crippen LogP contribution in [-0.2, 0) is 14.4 Å². The molecule has 0 bridgehead atoms. The summed E-state index contributed by atoms with van der Waals surface area (Å²) in [5.74, 6) is -8.98. The van der Waals surface area contributed by atoms with E-state index in [2.05, 4.69) is 10.6 Å². The van der Waals surface area contributed by atoms with Gasteiger partial charge in [0.1, 0.15) is 18.0 Å². The lowest BCUT2D eigenvalue weighted by atomic mass is 9.90. The number of halogens is 8. The Hall–Kier alpha value is -3.13. The van der Waals surface area contributed by atoms with Crippen molar-refractivity contribution in [2.75, 3.05) is 29.9 Å². The predicted octanol–water partition coefficient (Wildman–Crippen LogP) is 2.83. The second-order valence-electron chi connectivity index (χ2n) is 8.04.